The first-order valence-electron chi connectivity index (χ1n) is 9.93. The highest BCUT2D eigenvalue weighted by atomic mass is 16.6. The Bertz CT molecular complexity index is 826. The summed E-state index contributed by atoms with van der Waals surface area (Å²) in [6, 6.07) is 5.14. The van der Waals surface area contributed by atoms with E-state index in [1.807, 2.05) is 74.3 Å². The number of likely N-dealkylation sites (tertiary alicyclic amines) is 1. The normalized spacial score (nSPS) is 25.0. The summed E-state index contributed by atoms with van der Waals surface area (Å²) in [5.74, 6) is -0.0807. The van der Waals surface area contributed by atoms with Crippen molar-refractivity contribution in [2.75, 3.05) is 6.54 Å². The molecular weight excluding hydrogens is 366 g/mol. The molecule has 3 rings (SSSR count). The van der Waals surface area contributed by atoms with Gasteiger partial charge in [-0.2, -0.15) is 0 Å². The number of nitrogens with one attached hydrogen (secondary N) is 1. The van der Waals surface area contributed by atoms with Crippen molar-refractivity contribution < 1.29 is 14.3 Å². The van der Waals surface area contributed by atoms with Crippen LogP contribution in [0.25, 0.3) is 0 Å². The maximum absolute atomic E-state index is 13.0. The van der Waals surface area contributed by atoms with Crippen molar-refractivity contribution in [2.45, 2.75) is 50.8 Å². The van der Waals surface area contributed by atoms with Gasteiger partial charge in [0.15, 0.2) is 0 Å². The van der Waals surface area contributed by atoms with Gasteiger partial charge in [-0.25, -0.2) is 4.79 Å². The molecule has 0 spiro atoms. The predicted octanol–water partition coefficient (Wildman–Crippen LogP) is 3.94. The first kappa shape index (κ1) is 20.8. The Hall–Kier alpha value is -2.89. The number of allylic oxidation sites excluding steroid dienone is 2. The average molecular weight is 396 g/mol. The van der Waals surface area contributed by atoms with Gasteiger partial charge < -0.3 is 15.0 Å². The third-order valence-electron chi connectivity index (χ3n) is 5.24. The van der Waals surface area contributed by atoms with E-state index in [9.17, 15) is 9.59 Å². The van der Waals surface area contributed by atoms with Crippen LogP contribution in [0.5, 0.6) is 0 Å². The minimum Gasteiger partial charge on any atom is -0.444 e. The number of amides is 2. The number of aromatic nitrogens is 1. The fraction of sp³-hybridized carbons (Fsp3) is 0.435. The minimum atomic E-state index is -0.609. The molecule has 1 aromatic heterocycles. The van der Waals surface area contributed by atoms with E-state index in [2.05, 4.69) is 16.9 Å². The quantitative estimate of drug-likeness (QED) is 0.767. The summed E-state index contributed by atoms with van der Waals surface area (Å²) in [7, 11) is 0. The van der Waals surface area contributed by atoms with E-state index >= 15 is 0 Å². The SMILES string of the molecule is C=C[C@@]1(N2C[C@H](C(NC(=O)OC(C)(C)C)c3ccccn3)CC2=O)C=CC=CC1. The highest BCUT2D eigenvalue weighted by molar-refractivity contribution is 5.81. The van der Waals surface area contributed by atoms with Gasteiger partial charge in [0.1, 0.15) is 5.60 Å². The molecule has 0 radical (unpaired) electrons. The van der Waals surface area contributed by atoms with E-state index in [0.29, 0.717) is 25.1 Å². The maximum Gasteiger partial charge on any atom is 0.408 e. The molecule has 0 aromatic carbocycles. The van der Waals surface area contributed by atoms with Crippen LogP contribution in [0.2, 0.25) is 0 Å². The van der Waals surface area contributed by atoms with Gasteiger partial charge in [-0.15, -0.1) is 6.58 Å². The van der Waals surface area contributed by atoms with Crippen LogP contribution in [0.15, 0.2) is 61.4 Å². The van der Waals surface area contributed by atoms with E-state index in [-0.39, 0.29) is 11.8 Å². The van der Waals surface area contributed by atoms with Gasteiger partial charge >= 0.3 is 6.09 Å². The molecule has 1 aliphatic heterocycles. The fourth-order valence-electron chi connectivity index (χ4n) is 3.88. The van der Waals surface area contributed by atoms with Crippen molar-refractivity contribution >= 4 is 12.0 Å². The van der Waals surface area contributed by atoms with Crippen molar-refractivity contribution in [1.82, 2.24) is 15.2 Å². The van der Waals surface area contributed by atoms with Crippen LogP contribution in [0.3, 0.4) is 0 Å². The summed E-state index contributed by atoms with van der Waals surface area (Å²) in [6.07, 6.45) is 12.0. The van der Waals surface area contributed by atoms with E-state index in [1.165, 1.54) is 0 Å². The van der Waals surface area contributed by atoms with Gasteiger partial charge in [0.05, 0.1) is 17.3 Å². The van der Waals surface area contributed by atoms with Crippen LogP contribution in [0.4, 0.5) is 4.79 Å². The number of nitrogens with zero attached hydrogens (tertiary/aromatic N) is 2. The summed E-state index contributed by atoms with van der Waals surface area (Å²) >= 11 is 0. The van der Waals surface area contributed by atoms with Crippen molar-refractivity contribution in [3.63, 3.8) is 0 Å². The van der Waals surface area contributed by atoms with Crippen LogP contribution in [0.1, 0.15) is 45.3 Å². The molecule has 1 N–H and O–H groups in total. The maximum atomic E-state index is 13.0. The molecule has 0 saturated carbocycles. The van der Waals surface area contributed by atoms with Gasteiger partial charge in [0.2, 0.25) is 5.91 Å². The topological polar surface area (TPSA) is 71.5 Å². The Labute approximate surface area is 172 Å². The van der Waals surface area contributed by atoms with E-state index < -0.39 is 23.3 Å². The first-order chi connectivity index (χ1) is 13.7. The molecule has 29 heavy (non-hydrogen) atoms. The lowest BCUT2D eigenvalue weighted by molar-refractivity contribution is -0.130. The smallest absolute Gasteiger partial charge is 0.408 e. The Kier molecular flexibility index (Phi) is 5.91. The fourth-order valence-corrected chi connectivity index (χ4v) is 3.88. The van der Waals surface area contributed by atoms with E-state index in [4.69, 9.17) is 4.74 Å². The minimum absolute atomic E-state index is 0.0433. The number of carbonyl (C=O) groups excluding carboxylic acids is 2. The molecule has 0 bridgehead atoms. The lowest BCUT2D eigenvalue weighted by Crippen LogP contribution is -2.47. The van der Waals surface area contributed by atoms with Crippen LogP contribution in [0, 0.1) is 5.92 Å². The zero-order valence-electron chi connectivity index (χ0n) is 17.3. The Morgan fingerprint density at radius 2 is 2.21 bits per heavy atom. The highest BCUT2D eigenvalue weighted by Crippen LogP contribution is 2.37. The molecule has 3 atom stereocenters. The number of alkyl carbamates (subject to hydrolysis) is 1. The predicted molar refractivity (Wildman–Crippen MR) is 112 cm³/mol. The van der Waals surface area contributed by atoms with Gasteiger partial charge in [-0.1, -0.05) is 36.4 Å². The first-order valence-corrected chi connectivity index (χ1v) is 9.93. The Morgan fingerprint density at radius 3 is 2.79 bits per heavy atom. The molecular formula is C23H29N3O3. The van der Waals surface area contributed by atoms with Gasteiger partial charge in [0, 0.05) is 25.1 Å². The highest BCUT2D eigenvalue weighted by Gasteiger charge is 2.44. The van der Waals surface area contributed by atoms with Crippen LogP contribution in [-0.2, 0) is 9.53 Å². The Morgan fingerprint density at radius 1 is 1.41 bits per heavy atom. The summed E-state index contributed by atoms with van der Waals surface area (Å²) in [5, 5.41) is 2.95. The summed E-state index contributed by atoms with van der Waals surface area (Å²) in [4.78, 5) is 31.7. The van der Waals surface area contributed by atoms with Crippen LogP contribution >= 0.6 is 0 Å². The van der Waals surface area contributed by atoms with E-state index in [0.717, 1.165) is 0 Å². The molecule has 1 aromatic rings. The molecule has 1 unspecified atom stereocenters. The zero-order chi connectivity index (χ0) is 21.1. The summed E-state index contributed by atoms with van der Waals surface area (Å²) in [6.45, 7) is 9.93. The van der Waals surface area contributed by atoms with Crippen LogP contribution < -0.4 is 5.32 Å². The van der Waals surface area contributed by atoms with E-state index in [1.54, 1.807) is 6.20 Å². The molecule has 1 aliphatic carbocycles. The molecule has 2 amide bonds. The second-order valence-corrected chi connectivity index (χ2v) is 8.53. The lowest BCUT2D eigenvalue weighted by Gasteiger charge is -2.38. The number of hydrogen-bond acceptors (Lipinski definition) is 4. The number of rotatable bonds is 5. The van der Waals surface area contributed by atoms with Gasteiger partial charge in [-0.05, 0) is 39.3 Å². The molecule has 1 saturated heterocycles. The molecule has 6 heteroatoms. The molecule has 2 heterocycles. The molecule has 154 valence electrons. The number of pyridine rings is 1. The van der Waals surface area contributed by atoms with Crippen molar-refractivity contribution in [1.29, 1.82) is 0 Å². The Balaban J connectivity index is 1.84. The van der Waals surface area contributed by atoms with Gasteiger partial charge in [-0.3, -0.25) is 9.78 Å². The average Bonchev–Trinajstić information content (AvgIpc) is 3.08. The number of carbonyl (C=O) groups is 2. The third-order valence-corrected chi connectivity index (χ3v) is 5.24. The zero-order valence-corrected chi connectivity index (χ0v) is 17.3. The standard InChI is InChI=1S/C23H29N3O3/c1-5-23(12-8-6-9-13-23)26-16-17(15-19(26)27)20(18-11-7-10-14-24-18)25-21(28)29-22(2,3)4/h5-12,14,17,20H,1,13,15-16H2,2-4H3,(H,25,28)/t17-,20?,23-/m1/s1. The summed E-state index contributed by atoms with van der Waals surface area (Å²) < 4.78 is 5.45. The van der Waals surface area contributed by atoms with Gasteiger partial charge in [0.25, 0.3) is 0 Å². The largest absolute Gasteiger partial charge is 0.444 e. The van der Waals surface area contributed by atoms with Crippen molar-refractivity contribution in [3.05, 3.63) is 67.0 Å². The van der Waals surface area contributed by atoms with Crippen molar-refractivity contribution in [2.24, 2.45) is 5.92 Å². The molecule has 2 aliphatic rings. The van der Waals surface area contributed by atoms with Crippen molar-refractivity contribution in [3.8, 4) is 0 Å². The second kappa shape index (κ2) is 8.23. The number of ether oxygens (including phenoxy) is 1. The lowest BCUT2D eigenvalue weighted by atomic mass is 9.89. The number of hydrogen-bond donors (Lipinski definition) is 1. The molecule has 1 fully saturated rings. The summed E-state index contributed by atoms with van der Waals surface area (Å²) in [5.41, 5.74) is -0.423. The second-order valence-electron chi connectivity index (χ2n) is 8.53. The molecule has 6 nitrogen and oxygen atoms in total. The monoisotopic (exact) mass is 395 g/mol. The van der Waals surface area contributed by atoms with Crippen LogP contribution in [-0.4, -0.2) is 39.6 Å². The third kappa shape index (κ3) is 4.75.